The third kappa shape index (κ3) is 3.41. The van der Waals surface area contributed by atoms with E-state index >= 15 is 0 Å². The molecule has 0 bridgehead atoms. The Kier molecular flexibility index (Phi) is 4.29. The molecule has 3 heteroatoms. The fraction of sp³-hybridized carbons (Fsp3) is 0.250. The smallest absolute Gasteiger partial charge is 0.122 e. The molecule has 2 aromatic rings. The molecule has 0 amide bonds. The van der Waals surface area contributed by atoms with Gasteiger partial charge in [0, 0.05) is 18.3 Å². The average molecular weight is 257 g/mol. The number of hydrogen-bond acceptors (Lipinski definition) is 3. The van der Waals surface area contributed by atoms with Crippen molar-refractivity contribution in [2.75, 3.05) is 19.5 Å². The van der Waals surface area contributed by atoms with Gasteiger partial charge in [0.2, 0.25) is 0 Å². The Morgan fingerprint density at radius 3 is 2.16 bits per heavy atom. The summed E-state index contributed by atoms with van der Waals surface area (Å²) in [6, 6.07) is 14.1. The van der Waals surface area contributed by atoms with Crippen LogP contribution in [0.2, 0.25) is 0 Å². The van der Waals surface area contributed by atoms with Crippen molar-refractivity contribution < 1.29 is 9.47 Å². The minimum atomic E-state index is 0.735. The van der Waals surface area contributed by atoms with Crippen molar-refractivity contribution in [3.05, 3.63) is 53.6 Å². The second-order valence-corrected chi connectivity index (χ2v) is 4.39. The molecule has 0 fully saturated rings. The van der Waals surface area contributed by atoms with Gasteiger partial charge >= 0.3 is 0 Å². The summed E-state index contributed by atoms with van der Waals surface area (Å²) in [5.74, 6) is 1.61. The topological polar surface area (TPSA) is 30.5 Å². The molecule has 0 unspecified atom stereocenters. The predicted molar refractivity (Wildman–Crippen MR) is 78.1 cm³/mol. The zero-order chi connectivity index (χ0) is 13.7. The Balaban J connectivity index is 2.13. The molecule has 0 heterocycles. The van der Waals surface area contributed by atoms with E-state index in [0.717, 1.165) is 29.3 Å². The van der Waals surface area contributed by atoms with Gasteiger partial charge in [-0.2, -0.15) is 0 Å². The summed E-state index contributed by atoms with van der Waals surface area (Å²) < 4.78 is 10.5. The van der Waals surface area contributed by atoms with Gasteiger partial charge in [-0.05, 0) is 36.2 Å². The number of benzene rings is 2. The molecule has 0 saturated carbocycles. The van der Waals surface area contributed by atoms with Crippen LogP contribution in [0.3, 0.4) is 0 Å². The molecular weight excluding hydrogens is 238 g/mol. The van der Waals surface area contributed by atoms with Crippen LogP contribution in [0, 0.1) is 6.92 Å². The molecule has 100 valence electrons. The third-order valence-electron chi connectivity index (χ3n) is 3.04. The van der Waals surface area contributed by atoms with Crippen LogP contribution in [0.1, 0.15) is 11.1 Å². The van der Waals surface area contributed by atoms with E-state index in [1.165, 1.54) is 5.56 Å². The standard InChI is InChI=1S/C16H19NO2/c1-12-6-4-5-7-16(12)17-11-13-8-14(18-2)10-15(9-13)19-3/h4-10,17H,11H2,1-3H3. The fourth-order valence-electron chi connectivity index (χ4n) is 1.94. The SMILES string of the molecule is COc1cc(CNc2ccccc2C)cc(OC)c1. The Morgan fingerprint density at radius 1 is 0.947 bits per heavy atom. The van der Waals surface area contributed by atoms with Crippen molar-refractivity contribution in [2.45, 2.75) is 13.5 Å². The second kappa shape index (κ2) is 6.14. The lowest BCUT2D eigenvalue weighted by molar-refractivity contribution is 0.393. The molecule has 0 aliphatic rings. The van der Waals surface area contributed by atoms with Crippen LogP contribution < -0.4 is 14.8 Å². The first-order valence-corrected chi connectivity index (χ1v) is 6.24. The van der Waals surface area contributed by atoms with E-state index in [9.17, 15) is 0 Å². The molecule has 0 aromatic heterocycles. The molecule has 0 atom stereocenters. The predicted octanol–water partition coefficient (Wildman–Crippen LogP) is 3.62. The molecule has 0 radical (unpaired) electrons. The van der Waals surface area contributed by atoms with Gasteiger partial charge < -0.3 is 14.8 Å². The highest BCUT2D eigenvalue weighted by Gasteiger charge is 2.02. The maximum absolute atomic E-state index is 5.27. The van der Waals surface area contributed by atoms with Gasteiger partial charge in [-0.25, -0.2) is 0 Å². The lowest BCUT2D eigenvalue weighted by Crippen LogP contribution is -2.01. The number of para-hydroxylation sites is 1. The molecular formula is C16H19NO2. The first-order chi connectivity index (χ1) is 9.22. The number of anilines is 1. The van der Waals surface area contributed by atoms with Crippen LogP contribution >= 0.6 is 0 Å². The lowest BCUT2D eigenvalue weighted by Gasteiger charge is -2.11. The van der Waals surface area contributed by atoms with Crippen LogP contribution in [-0.4, -0.2) is 14.2 Å². The van der Waals surface area contributed by atoms with Crippen molar-refractivity contribution in [3.63, 3.8) is 0 Å². The van der Waals surface area contributed by atoms with Gasteiger partial charge in [0.15, 0.2) is 0 Å². The van der Waals surface area contributed by atoms with Crippen LogP contribution in [0.25, 0.3) is 0 Å². The van der Waals surface area contributed by atoms with Crippen LogP contribution in [0.15, 0.2) is 42.5 Å². The zero-order valence-electron chi connectivity index (χ0n) is 11.6. The minimum Gasteiger partial charge on any atom is -0.497 e. The maximum atomic E-state index is 5.27. The molecule has 0 aliphatic heterocycles. The number of aryl methyl sites for hydroxylation is 1. The summed E-state index contributed by atoms with van der Waals surface area (Å²) in [5.41, 5.74) is 3.50. The van der Waals surface area contributed by atoms with Crippen molar-refractivity contribution in [1.29, 1.82) is 0 Å². The van der Waals surface area contributed by atoms with E-state index in [0.29, 0.717) is 0 Å². The monoisotopic (exact) mass is 257 g/mol. The van der Waals surface area contributed by atoms with E-state index in [-0.39, 0.29) is 0 Å². The summed E-state index contributed by atoms with van der Waals surface area (Å²) >= 11 is 0. The third-order valence-corrected chi connectivity index (χ3v) is 3.04. The van der Waals surface area contributed by atoms with Crippen molar-refractivity contribution in [1.82, 2.24) is 0 Å². The van der Waals surface area contributed by atoms with Crippen molar-refractivity contribution in [3.8, 4) is 11.5 Å². The maximum Gasteiger partial charge on any atom is 0.122 e. The van der Waals surface area contributed by atoms with Gasteiger partial charge in [0.1, 0.15) is 11.5 Å². The van der Waals surface area contributed by atoms with E-state index < -0.39 is 0 Å². The first-order valence-electron chi connectivity index (χ1n) is 6.24. The van der Waals surface area contributed by atoms with Crippen LogP contribution in [0.4, 0.5) is 5.69 Å². The number of rotatable bonds is 5. The highest BCUT2D eigenvalue weighted by molar-refractivity contribution is 5.51. The molecule has 2 rings (SSSR count). The van der Waals surface area contributed by atoms with Crippen LogP contribution in [-0.2, 0) is 6.54 Å². The number of nitrogens with one attached hydrogen (secondary N) is 1. The molecule has 0 saturated heterocycles. The van der Waals surface area contributed by atoms with E-state index in [1.807, 2.05) is 30.3 Å². The molecule has 1 N–H and O–H groups in total. The van der Waals surface area contributed by atoms with E-state index in [1.54, 1.807) is 14.2 Å². The Bertz CT molecular complexity index is 530. The number of ether oxygens (including phenoxy) is 2. The number of methoxy groups -OCH3 is 2. The molecule has 19 heavy (non-hydrogen) atoms. The second-order valence-electron chi connectivity index (χ2n) is 4.39. The summed E-state index contributed by atoms with van der Waals surface area (Å²) in [6.45, 7) is 2.83. The van der Waals surface area contributed by atoms with Crippen molar-refractivity contribution in [2.24, 2.45) is 0 Å². The van der Waals surface area contributed by atoms with E-state index in [4.69, 9.17) is 9.47 Å². The largest absolute Gasteiger partial charge is 0.497 e. The quantitative estimate of drug-likeness (QED) is 0.887. The molecule has 0 spiro atoms. The van der Waals surface area contributed by atoms with Gasteiger partial charge in [-0.15, -0.1) is 0 Å². The Morgan fingerprint density at radius 2 is 1.58 bits per heavy atom. The summed E-state index contributed by atoms with van der Waals surface area (Å²) in [7, 11) is 3.32. The van der Waals surface area contributed by atoms with Crippen molar-refractivity contribution >= 4 is 5.69 Å². The van der Waals surface area contributed by atoms with Gasteiger partial charge in [-0.1, -0.05) is 18.2 Å². The molecule has 3 nitrogen and oxygen atoms in total. The summed E-state index contributed by atoms with van der Waals surface area (Å²) in [4.78, 5) is 0. The summed E-state index contributed by atoms with van der Waals surface area (Å²) in [5, 5.41) is 3.42. The average Bonchev–Trinajstić information content (AvgIpc) is 2.46. The Labute approximate surface area is 114 Å². The van der Waals surface area contributed by atoms with Gasteiger partial charge in [-0.3, -0.25) is 0 Å². The number of hydrogen-bond donors (Lipinski definition) is 1. The minimum absolute atomic E-state index is 0.735. The highest BCUT2D eigenvalue weighted by Crippen LogP contribution is 2.23. The lowest BCUT2D eigenvalue weighted by atomic mass is 10.1. The Hall–Kier alpha value is -2.16. The molecule has 2 aromatic carbocycles. The van der Waals surface area contributed by atoms with E-state index in [2.05, 4.69) is 24.4 Å². The van der Waals surface area contributed by atoms with Gasteiger partial charge in [0.05, 0.1) is 14.2 Å². The first kappa shape index (κ1) is 13.3. The van der Waals surface area contributed by atoms with Gasteiger partial charge in [0.25, 0.3) is 0 Å². The molecule has 0 aliphatic carbocycles. The fourth-order valence-corrected chi connectivity index (χ4v) is 1.94. The van der Waals surface area contributed by atoms with Crippen LogP contribution in [0.5, 0.6) is 11.5 Å². The summed E-state index contributed by atoms with van der Waals surface area (Å²) in [6.07, 6.45) is 0. The normalized spacial score (nSPS) is 10.1. The zero-order valence-corrected chi connectivity index (χ0v) is 11.6. The highest BCUT2D eigenvalue weighted by atomic mass is 16.5.